The minimum atomic E-state index is -0.407. The smallest absolute Gasteiger partial charge is 0.226 e. The zero-order chi connectivity index (χ0) is 90.4. The zero-order valence-corrected chi connectivity index (χ0v) is 75.4. The third-order valence-electron chi connectivity index (χ3n) is 32.1. The molecule has 0 N–H and O–H groups in total. The van der Waals surface area contributed by atoms with Gasteiger partial charge in [-0.2, -0.15) is 20.2 Å². The van der Waals surface area contributed by atoms with E-state index in [9.17, 15) is 35.5 Å². The molecule has 0 unspecified atom stereocenters. The highest BCUT2D eigenvalue weighted by Gasteiger charge is 2.50. The van der Waals surface area contributed by atoms with Crippen molar-refractivity contribution in [2.24, 2.45) is 0 Å². The summed E-state index contributed by atoms with van der Waals surface area (Å²) in [4.78, 5) is 13.2. The average Bonchev–Trinajstić information content (AvgIpc) is 1.49. The molecule has 16 aromatic carbocycles. The van der Waals surface area contributed by atoms with Crippen molar-refractivity contribution in [2.45, 2.75) is 116 Å². The van der Waals surface area contributed by atoms with E-state index in [1.165, 1.54) is 94.6 Å². The molecule has 25 rings (SSSR count). The van der Waals surface area contributed by atoms with E-state index < -0.39 is 27.1 Å². The first kappa shape index (κ1) is 78.0. The van der Waals surface area contributed by atoms with Crippen molar-refractivity contribution in [3.8, 4) is 185 Å². The molecule has 618 valence electrons. The van der Waals surface area contributed by atoms with Crippen LogP contribution in [0.1, 0.15) is 183 Å². The Labute approximate surface area is 770 Å². The molecule has 0 aliphatic heterocycles. The van der Waals surface area contributed by atoms with Crippen LogP contribution < -0.4 is 0 Å². The van der Waals surface area contributed by atoms with Gasteiger partial charge in [-0.25, -0.2) is 10.1 Å². The Morgan fingerprint density at radius 2 is 0.424 bits per heavy atom. The van der Waals surface area contributed by atoms with Crippen LogP contribution in [0, 0.1) is 53.7 Å². The largest absolute Gasteiger partial charge is 0.527 e. The molecule has 0 amide bonds. The highest BCUT2D eigenvalue weighted by atomic mass is 14.9. The first-order chi connectivity index (χ1) is 63.8. The lowest BCUT2D eigenvalue weighted by atomic mass is 9.79. The zero-order valence-electron chi connectivity index (χ0n) is 75.4. The minimum Gasteiger partial charge on any atom is -0.226 e. The molecule has 0 atom stereocenters. The van der Waals surface area contributed by atoms with Gasteiger partial charge in [0.15, 0.2) is 0 Å². The van der Waals surface area contributed by atoms with E-state index in [0.29, 0.717) is 83.5 Å². The maximum Gasteiger partial charge on any atom is 0.527 e. The molecule has 0 spiro atoms. The highest BCUT2D eigenvalue weighted by Crippen LogP contribution is 2.69. The highest BCUT2D eigenvalue weighted by molar-refractivity contribution is 6.26. The predicted octanol–water partition coefficient (Wildman–Crippen LogP) is 32.1. The molecule has 132 heavy (non-hydrogen) atoms. The summed E-state index contributed by atoms with van der Waals surface area (Å²) < 4.78 is 0. The summed E-state index contributed by atoms with van der Waals surface area (Å²) in [5.41, 5.74) is 45.5. The first-order valence-electron chi connectivity index (χ1n) is 45.6. The van der Waals surface area contributed by atoms with Crippen LogP contribution in [0.25, 0.3) is 198 Å². The topological polar surface area (TPSA) is 84.4 Å². The van der Waals surface area contributed by atoms with Gasteiger partial charge in [-0.15, -0.1) is 0 Å². The fourth-order valence-corrected chi connectivity index (χ4v) is 25.6. The number of nitrogens with zero attached hydrogens (tertiary/aromatic N) is 6. The van der Waals surface area contributed by atoms with Gasteiger partial charge in [-0.1, -0.05) is 301 Å². The van der Waals surface area contributed by atoms with Gasteiger partial charge in [0.1, 0.15) is 30.9 Å². The Hall–Kier alpha value is -16.3. The van der Waals surface area contributed by atoms with Gasteiger partial charge in [0, 0.05) is 49.2 Å². The van der Waals surface area contributed by atoms with Crippen molar-refractivity contribution in [3.05, 3.63) is 443 Å². The summed E-state index contributed by atoms with van der Waals surface area (Å²) >= 11 is 0. The summed E-state index contributed by atoms with van der Waals surface area (Å²) in [6.45, 7) is 56.5. The number of nitriles is 3. The summed E-state index contributed by atoms with van der Waals surface area (Å²) in [5, 5.41) is 37.1. The van der Waals surface area contributed by atoms with E-state index in [2.05, 4.69) is 407 Å². The Balaban J connectivity index is 0.851. The number of benzene rings is 16. The molecule has 0 aromatic heterocycles. The SMILES string of the molecule is [C-]#[N+]C(C#N)=C1c2cc(-c3ccc4c(c3)C(C)(C)c3ccccc3-4)c(-c3ccc4c(c3)C(C)(C)c3ccccc3-4)cc2-c2c1c1c(c3c2C(=C([N+]#[C-])[N+]#[C-])c2cc(-c4ccc5c(c4)-c4ccccc4C5(C)C)c(-c4ccc5c(c4)C(C)(C)c4ccccc4-5)cc2-3)C(=C(C#N)C#N)c2cc(-c3ccc4c(c3)C(C)(C)c3ccccc3-4)c(-c3ccc4c(c3)C(C)(C)c3ccccc3-4)cc2-1. The number of hydrogen-bond donors (Lipinski definition) is 0. The van der Waals surface area contributed by atoms with Crippen LogP contribution >= 0.6 is 0 Å². The Bertz CT molecular complexity index is 8270. The molecule has 6 heteroatoms. The van der Waals surface area contributed by atoms with E-state index >= 15 is 0 Å². The van der Waals surface area contributed by atoms with E-state index in [4.69, 9.17) is 0 Å². The van der Waals surface area contributed by atoms with Crippen LogP contribution in [-0.4, -0.2) is 0 Å². The standard InChI is InChI=1S/C126H84N6/c1-121(2)103-39-27-21-33-79(103)91-52-67(45-51-104(91)121)85-63-97-96(62-88(85)70-42-48-82-76-30-18-24-36-100(76)124(7,8)107(82)55-70)114-117-111(73(64-127)65-128)92-58-86(68-40-46-80-74-28-16-22-34-98(74)122(3,4)105(80)53-68)89(71-43-49-83-77-31-19-25-37-101(77)125(9,10)108(83)56-71)60-94(92)113(117)118-112(110(66-129)130-13)93-59-87(69-41-47-81-75-29-17-23-35-99(75)123(5,6)106(81)54-69)90(61-95(93)115(118)119(114)116(97)120(131-14)132-15)72-44-50-84-78-32-20-26-38-102(78)126(11,12)109(84)57-72/h16-63H,1-12H3. The van der Waals surface area contributed by atoms with Crippen molar-refractivity contribution in [1.82, 2.24) is 0 Å². The van der Waals surface area contributed by atoms with Gasteiger partial charge in [0.2, 0.25) is 0 Å². The monoisotopic (exact) mass is 1680 g/mol. The molecule has 0 saturated carbocycles. The van der Waals surface area contributed by atoms with Crippen molar-refractivity contribution in [1.29, 1.82) is 15.8 Å². The summed E-state index contributed by atoms with van der Waals surface area (Å²) in [6, 6.07) is 115. The minimum absolute atomic E-state index is 0.147. The normalized spacial score (nSPS) is 16.0. The second-order valence-electron chi connectivity index (χ2n) is 40.5. The summed E-state index contributed by atoms with van der Waals surface area (Å²) in [5.74, 6) is -0.184. The number of hydrogen-bond acceptors (Lipinski definition) is 3. The second-order valence-corrected chi connectivity index (χ2v) is 40.5. The molecule has 0 fully saturated rings. The van der Waals surface area contributed by atoms with Gasteiger partial charge >= 0.3 is 5.82 Å². The van der Waals surface area contributed by atoms with Crippen LogP contribution in [0.15, 0.2) is 308 Å². The molecular formula is C126H84N6. The Kier molecular flexibility index (Phi) is 15.8. The van der Waals surface area contributed by atoms with Gasteiger partial charge in [0.25, 0.3) is 5.70 Å². The quantitative estimate of drug-likeness (QED) is 0.123. The predicted molar refractivity (Wildman–Crippen MR) is 535 cm³/mol. The van der Waals surface area contributed by atoms with Gasteiger partial charge in [0.05, 0.1) is 18.2 Å². The van der Waals surface area contributed by atoms with E-state index in [0.717, 1.165) is 106 Å². The molecule has 0 heterocycles. The molecule has 9 aliphatic rings. The Morgan fingerprint density at radius 3 is 0.712 bits per heavy atom. The maximum absolute atomic E-state index is 12.4. The molecule has 6 nitrogen and oxygen atoms in total. The van der Waals surface area contributed by atoms with Crippen molar-refractivity contribution >= 4 is 16.7 Å². The van der Waals surface area contributed by atoms with Crippen LogP contribution in [0.2, 0.25) is 0 Å². The van der Waals surface area contributed by atoms with Crippen molar-refractivity contribution in [2.75, 3.05) is 0 Å². The summed E-state index contributed by atoms with van der Waals surface area (Å²) in [7, 11) is 0. The maximum atomic E-state index is 12.4. The van der Waals surface area contributed by atoms with Crippen molar-refractivity contribution in [3.63, 3.8) is 0 Å². The van der Waals surface area contributed by atoms with Crippen molar-refractivity contribution < 1.29 is 0 Å². The van der Waals surface area contributed by atoms with Crippen LogP contribution in [0.3, 0.4) is 0 Å². The first-order valence-corrected chi connectivity index (χ1v) is 45.6. The molecule has 9 aliphatic carbocycles. The lowest BCUT2D eigenvalue weighted by Crippen LogP contribution is -2.15. The van der Waals surface area contributed by atoms with E-state index in [-0.39, 0.29) is 22.5 Å². The fourth-order valence-electron chi connectivity index (χ4n) is 25.6. The molecular weight excluding hydrogens is 1600 g/mol. The molecule has 0 saturated heterocycles. The molecule has 0 radical (unpaired) electrons. The summed E-state index contributed by atoms with van der Waals surface area (Å²) in [6.07, 6.45) is 0. The fraction of sp³-hybridized carbons (Fsp3) is 0.143. The number of rotatable bonds is 6. The van der Waals surface area contributed by atoms with Crippen LogP contribution in [-0.2, 0) is 32.5 Å². The van der Waals surface area contributed by atoms with E-state index in [1.807, 2.05) is 0 Å². The molecule has 0 bridgehead atoms. The van der Waals surface area contributed by atoms with Gasteiger partial charge in [-0.05, 0) is 334 Å². The number of fused-ring (bicyclic) bond motifs is 30. The third-order valence-corrected chi connectivity index (χ3v) is 32.1. The Morgan fingerprint density at radius 1 is 0.197 bits per heavy atom. The van der Waals surface area contributed by atoms with Gasteiger partial charge in [-0.3, -0.25) is 0 Å². The van der Waals surface area contributed by atoms with Crippen LogP contribution in [0.4, 0.5) is 0 Å². The molecule has 16 aromatic rings. The second kappa shape index (κ2) is 26.7. The number of allylic oxidation sites excluding steroid dienone is 2. The lowest BCUT2D eigenvalue weighted by molar-refractivity contribution is 0.660. The average molecular weight is 1680 g/mol. The van der Waals surface area contributed by atoms with Gasteiger partial charge < -0.3 is 0 Å². The third kappa shape index (κ3) is 10.0. The lowest BCUT2D eigenvalue weighted by Gasteiger charge is -2.24. The van der Waals surface area contributed by atoms with E-state index in [1.54, 1.807) is 0 Å². The van der Waals surface area contributed by atoms with Crippen LogP contribution in [0.5, 0.6) is 0 Å².